The zero-order valence-electron chi connectivity index (χ0n) is 21.7. The van der Waals surface area contributed by atoms with E-state index >= 15 is 0 Å². The summed E-state index contributed by atoms with van der Waals surface area (Å²) in [7, 11) is 0. The van der Waals surface area contributed by atoms with Crippen LogP contribution in [0.5, 0.6) is 5.75 Å². The van der Waals surface area contributed by atoms with Crippen molar-refractivity contribution in [2.45, 2.75) is 44.1 Å². The molecule has 1 spiro atoms. The molecule has 6 heteroatoms. The number of aromatic nitrogens is 1. The lowest BCUT2D eigenvalue weighted by Crippen LogP contribution is -2.38. The number of rotatable bonds is 6. The first-order valence-electron chi connectivity index (χ1n) is 13.5. The quantitative estimate of drug-likeness (QED) is 0.324. The van der Waals surface area contributed by atoms with Crippen LogP contribution in [0.3, 0.4) is 0 Å². The van der Waals surface area contributed by atoms with Crippen molar-refractivity contribution in [3.05, 3.63) is 89.6 Å². The fourth-order valence-electron chi connectivity index (χ4n) is 6.31. The summed E-state index contributed by atoms with van der Waals surface area (Å²) in [4.78, 5) is 16.6. The van der Waals surface area contributed by atoms with E-state index in [-0.39, 0.29) is 23.9 Å². The third-order valence-corrected chi connectivity index (χ3v) is 8.14. The third-order valence-electron chi connectivity index (χ3n) is 8.14. The summed E-state index contributed by atoms with van der Waals surface area (Å²) in [6.07, 6.45) is 4.95. The molecule has 1 unspecified atom stereocenters. The normalized spacial score (nSPS) is 17.9. The number of ether oxygens (including phenoxy) is 2. The lowest BCUT2D eigenvalue weighted by Gasteiger charge is -2.35. The fraction of sp³-hybridized carbons (Fsp3) is 0.312. The van der Waals surface area contributed by atoms with Gasteiger partial charge in [0.25, 0.3) is 0 Å². The predicted molar refractivity (Wildman–Crippen MR) is 150 cm³/mol. The van der Waals surface area contributed by atoms with Crippen LogP contribution in [0.1, 0.15) is 49.0 Å². The maximum Gasteiger partial charge on any atom is 0.310 e. The largest absolute Gasteiger partial charge is 0.485 e. The second-order valence-corrected chi connectivity index (χ2v) is 10.3. The Morgan fingerprint density at radius 2 is 1.89 bits per heavy atom. The van der Waals surface area contributed by atoms with E-state index in [2.05, 4.69) is 34.6 Å². The van der Waals surface area contributed by atoms with Gasteiger partial charge in [-0.1, -0.05) is 48.5 Å². The van der Waals surface area contributed by atoms with Crippen LogP contribution in [0.4, 0.5) is 5.82 Å². The number of hydrogen-bond donors (Lipinski definition) is 2. The summed E-state index contributed by atoms with van der Waals surface area (Å²) >= 11 is 0. The van der Waals surface area contributed by atoms with E-state index in [4.69, 9.17) is 15.2 Å². The molecule has 6 nitrogen and oxygen atoms in total. The lowest BCUT2D eigenvalue weighted by molar-refractivity contribution is -0.142. The van der Waals surface area contributed by atoms with Crippen LogP contribution in [0, 0.1) is 0 Å². The Bertz CT molecular complexity index is 1490. The van der Waals surface area contributed by atoms with Crippen LogP contribution < -0.4 is 15.8 Å². The van der Waals surface area contributed by atoms with Gasteiger partial charge in [-0.05, 0) is 85.1 Å². The third kappa shape index (κ3) is 4.39. The molecule has 0 amide bonds. The number of carbonyl (C=O) groups is 1. The second-order valence-electron chi connectivity index (χ2n) is 10.3. The zero-order valence-corrected chi connectivity index (χ0v) is 21.7. The monoisotopic (exact) mass is 507 g/mol. The Morgan fingerprint density at radius 1 is 1.05 bits per heavy atom. The minimum absolute atomic E-state index is 0.0902. The number of anilines is 1. The molecule has 3 N–H and O–H groups in total. The maximum atomic E-state index is 12.3. The van der Waals surface area contributed by atoms with Crippen LogP contribution >= 0.6 is 0 Å². The number of hydrogen-bond acceptors (Lipinski definition) is 6. The van der Waals surface area contributed by atoms with Crippen molar-refractivity contribution in [2.24, 2.45) is 0 Å². The number of pyridine rings is 1. The van der Waals surface area contributed by atoms with Crippen LogP contribution in [0.25, 0.3) is 21.9 Å². The first-order valence-corrected chi connectivity index (χ1v) is 13.5. The van der Waals surface area contributed by atoms with Gasteiger partial charge in [-0.15, -0.1) is 0 Å². The van der Waals surface area contributed by atoms with E-state index in [0.717, 1.165) is 65.6 Å². The molecule has 1 atom stereocenters. The van der Waals surface area contributed by atoms with E-state index in [1.165, 1.54) is 11.1 Å². The number of piperidine rings is 1. The predicted octanol–water partition coefficient (Wildman–Crippen LogP) is 5.73. The standard InChI is InChI=1S/C32H33N3O3/c1-2-37-30(36)19-22-6-3-4-9-28(22)38-29-20-32(13-16-34-17-14-32)27-11-10-21(18-26(27)29)23-7-5-8-25-24(23)12-15-35-31(25)33/h3-12,15,18,29,34H,2,13-14,16-17,19-20H2,1H3,(H2,33,35). The molecule has 1 aliphatic heterocycles. The molecule has 1 aliphatic carbocycles. The SMILES string of the molecule is CCOC(=O)Cc1ccccc1OC1CC2(CCNCC2)c2ccc(-c3cccc4c(N)nccc34)cc21. The van der Waals surface area contributed by atoms with Crippen molar-refractivity contribution in [1.82, 2.24) is 10.3 Å². The van der Waals surface area contributed by atoms with Gasteiger partial charge in [-0.3, -0.25) is 4.79 Å². The number of esters is 1. The Morgan fingerprint density at radius 3 is 2.74 bits per heavy atom. The van der Waals surface area contributed by atoms with Crippen molar-refractivity contribution >= 4 is 22.6 Å². The number of fused-ring (bicyclic) bond motifs is 3. The molecule has 6 rings (SSSR count). The summed E-state index contributed by atoms with van der Waals surface area (Å²) in [5.74, 6) is 1.05. The van der Waals surface area contributed by atoms with Gasteiger partial charge in [0, 0.05) is 22.6 Å². The van der Waals surface area contributed by atoms with Crippen LogP contribution in [-0.2, 0) is 21.4 Å². The number of nitrogens with two attached hydrogens (primary N) is 1. The molecular formula is C32H33N3O3. The van der Waals surface area contributed by atoms with Gasteiger partial charge in [0.15, 0.2) is 0 Å². The van der Waals surface area contributed by atoms with E-state index in [1.54, 1.807) is 6.20 Å². The van der Waals surface area contributed by atoms with Crippen molar-refractivity contribution in [1.29, 1.82) is 0 Å². The summed E-state index contributed by atoms with van der Waals surface area (Å²) in [5, 5.41) is 5.58. The Balaban J connectivity index is 1.41. The zero-order chi connectivity index (χ0) is 26.1. The molecule has 2 heterocycles. The van der Waals surface area contributed by atoms with E-state index in [0.29, 0.717) is 12.4 Å². The second kappa shape index (κ2) is 10.1. The van der Waals surface area contributed by atoms with Gasteiger partial charge in [0.1, 0.15) is 17.7 Å². The maximum absolute atomic E-state index is 12.3. The lowest BCUT2D eigenvalue weighted by atomic mass is 9.74. The van der Waals surface area contributed by atoms with Crippen LogP contribution in [-0.4, -0.2) is 30.6 Å². The average Bonchev–Trinajstić information content (AvgIpc) is 3.22. The topological polar surface area (TPSA) is 86.5 Å². The highest BCUT2D eigenvalue weighted by Gasteiger charge is 2.45. The summed E-state index contributed by atoms with van der Waals surface area (Å²) in [5.41, 5.74) is 12.0. The number of nitrogen functional groups attached to an aromatic ring is 1. The highest BCUT2D eigenvalue weighted by atomic mass is 16.5. The van der Waals surface area contributed by atoms with Gasteiger partial charge < -0.3 is 20.5 Å². The smallest absolute Gasteiger partial charge is 0.310 e. The summed E-state index contributed by atoms with van der Waals surface area (Å²) < 4.78 is 12.0. The van der Waals surface area contributed by atoms with Crippen molar-refractivity contribution < 1.29 is 14.3 Å². The van der Waals surface area contributed by atoms with E-state index < -0.39 is 0 Å². The molecule has 0 radical (unpaired) electrons. The number of nitrogens with one attached hydrogen (secondary N) is 1. The fourth-order valence-corrected chi connectivity index (χ4v) is 6.31. The molecular weight excluding hydrogens is 474 g/mol. The molecule has 1 aromatic heterocycles. The average molecular weight is 508 g/mol. The van der Waals surface area contributed by atoms with Gasteiger partial charge in [-0.25, -0.2) is 4.98 Å². The number of benzene rings is 3. The molecule has 38 heavy (non-hydrogen) atoms. The Hall–Kier alpha value is -3.90. The first-order chi connectivity index (χ1) is 18.6. The van der Waals surface area contributed by atoms with Gasteiger partial charge in [0.05, 0.1) is 13.0 Å². The van der Waals surface area contributed by atoms with Gasteiger partial charge in [-0.2, -0.15) is 0 Å². The molecule has 2 aliphatic rings. The van der Waals surface area contributed by atoms with Crippen molar-refractivity contribution in [3.63, 3.8) is 0 Å². The number of para-hydroxylation sites is 1. The Labute approximate surface area is 223 Å². The Kier molecular flexibility index (Phi) is 6.50. The molecule has 0 saturated carbocycles. The first kappa shape index (κ1) is 24.4. The minimum Gasteiger partial charge on any atom is -0.485 e. The molecule has 1 saturated heterocycles. The van der Waals surface area contributed by atoms with Crippen LogP contribution in [0.2, 0.25) is 0 Å². The van der Waals surface area contributed by atoms with Crippen molar-refractivity contribution in [3.8, 4) is 16.9 Å². The summed E-state index contributed by atoms with van der Waals surface area (Å²) in [6, 6.07) is 22.9. The molecule has 1 fully saturated rings. The molecule has 4 aromatic rings. The van der Waals surface area contributed by atoms with Gasteiger partial charge in [0.2, 0.25) is 0 Å². The highest BCUT2D eigenvalue weighted by molar-refractivity contribution is 6.01. The molecule has 194 valence electrons. The van der Waals surface area contributed by atoms with Crippen LogP contribution in [0.15, 0.2) is 72.9 Å². The van der Waals surface area contributed by atoms with E-state index in [9.17, 15) is 4.79 Å². The van der Waals surface area contributed by atoms with E-state index in [1.807, 2.05) is 49.4 Å². The molecule has 3 aromatic carbocycles. The minimum atomic E-state index is -0.239. The molecule has 0 bridgehead atoms. The van der Waals surface area contributed by atoms with Crippen molar-refractivity contribution in [2.75, 3.05) is 25.4 Å². The number of carbonyl (C=O) groups excluding carboxylic acids is 1. The number of nitrogens with zero attached hydrogens (tertiary/aromatic N) is 1. The van der Waals surface area contributed by atoms with Gasteiger partial charge >= 0.3 is 5.97 Å². The highest BCUT2D eigenvalue weighted by Crippen LogP contribution is 2.52. The summed E-state index contributed by atoms with van der Waals surface area (Å²) in [6.45, 7) is 4.20.